The van der Waals surface area contributed by atoms with Crippen molar-refractivity contribution >= 4 is 5.97 Å². The first-order valence-corrected chi connectivity index (χ1v) is 5.78. The minimum absolute atomic E-state index is 0.257. The molecule has 1 heterocycles. The van der Waals surface area contributed by atoms with E-state index < -0.39 is 0 Å². The van der Waals surface area contributed by atoms with Gasteiger partial charge in [0.25, 0.3) is 0 Å². The molecule has 0 radical (unpaired) electrons. The van der Waals surface area contributed by atoms with Crippen LogP contribution in [-0.2, 0) is 4.74 Å². The Kier molecular flexibility index (Phi) is 2.95. The van der Waals surface area contributed by atoms with Crippen LogP contribution in [0.3, 0.4) is 0 Å². The van der Waals surface area contributed by atoms with Crippen LogP contribution in [0.2, 0.25) is 0 Å². The molecule has 1 aliphatic rings. The van der Waals surface area contributed by atoms with E-state index in [0.717, 1.165) is 17.0 Å². The molecule has 0 spiro atoms. The second kappa shape index (κ2) is 4.24. The average Bonchev–Trinajstić information content (AvgIpc) is 2.99. The van der Waals surface area contributed by atoms with Crippen molar-refractivity contribution in [3.63, 3.8) is 0 Å². The fraction of sp³-hybridized carbons (Fsp3) is 0.538. The Bertz CT molecular complexity index is 399. The van der Waals surface area contributed by atoms with Crippen molar-refractivity contribution in [3.05, 3.63) is 28.6 Å². The van der Waals surface area contributed by atoms with Crippen LogP contribution in [0.5, 0.6) is 0 Å². The summed E-state index contributed by atoms with van der Waals surface area (Å²) in [4.78, 5) is 16.2. The zero-order valence-corrected chi connectivity index (χ0v) is 10.0. The van der Waals surface area contributed by atoms with Gasteiger partial charge in [-0.15, -0.1) is 0 Å². The number of rotatable bonds is 3. The van der Waals surface area contributed by atoms with Gasteiger partial charge in [0, 0.05) is 11.6 Å². The number of carbonyl (C=O) groups is 1. The molecular weight excluding hydrogens is 202 g/mol. The van der Waals surface area contributed by atoms with Crippen molar-refractivity contribution in [2.24, 2.45) is 0 Å². The zero-order valence-electron chi connectivity index (χ0n) is 10.0. The van der Waals surface area contributed by atoms with Crippen LogP contribution >= 0.6 is 0 Å². The van der Waals surface area contributed by atoms with Gasteiger partial charge in [-0.3, -0.25) is 4.98 Å². The first-order chi connectivity index (χ1) is 7.63. The number of ether oxygens (including phenoxy) is 1. The van der Waals surface area contributed by atoms with Gasteiger partial charge < -0.3 is 4.74 Å². The Hall–Kier alpha value is -1.38. The fourth-order valence-electron chi connectivity index (χ4n) is 1.96. The molecule has 1 aromatic heterocycles. The van der Waals surface area contributed by atoms with Crippen LogP contribution in [0.1, 0.15) is 53.0 Å². The molecule has 1 saturated carbocycles. The highest BCUT2D eigenvalue weighted by Crippen LogP contribution is 2.39. The summed E-state index contributed by atoms with van der Waals surface area (Å²) in [5.74, 6) is 0.362. The molecule has 0 aliphatic heterocycles. The largest absolute Gasteiger partial charge is 0.462 e. The van der Waals surface area contributed by atoms with Gasteiger partial charge in [0.15, 0.2) is 0 Å². The summed E-state index contributed by atoms with van der Waals surface area (Å²) in [5.41, 5.74) is 3.53. The molecule has 1 fully saturated rings. The number of carbonyl (C=O) groups excluding carboxylic acids is 1. The number of pyridine rings is 1. The Morgan fingerprint density at radius 2 is 2.19 bits per heavy atom. The normalized spacial score (nSPS) is 14.9. The minimum atomic E-state index is -0.257. The second-order valence-electron chi connectivity index (χ2n) is 4.32. The smallest absolute Gasteiger partial charge is 0.340 e. The molecule has 0 N–H and O–H groups in total. The van der Waals surface area contributed by atoms with Gasteiger partial charge >= 0.3 is 5.97 Å². The summed E-state index contributed by atoms with van der Waals surface area (Å²) in [6.45, 7) is 6.05. The van der Waals surface area contributed by atoms with E-state index in [2.05, 4.69) is 4.98 Å². The van der Waals surface area contributed by atoms with E-state index in [1.807, 2.05) is 26.8 Å². The molecule has 0 unspecified atom stereocenters. The predicted molar refractivity (Wildman–Crippen MR) is 61.6 cm³/mol. The maximum Gasteiger partial charge on any atom is 0.340 e. The fourth-order valence-corrected chi connectivity index (χ4v) is 1.96. The van der Waals surface area contributed by atoms with E-state index in [0.29, 0.717) is 18.1 Å². The number of hydrogen-bond donors (Lipinski definition) is 0. The summed E-state index contributed by atoms with van der Waals surface area (Å²) in [7, 11) is 0. The number of esters is 1. The van der Waals surface area contributed by atoms with Gasteiger partial charge in [0.05, 0.1) is 17.9 Å². The van der Waals surface area contributed by atoms with Gasteiger partial charge in [0.2, 0.25) is 0 Å². The summed E-state index contributed by atoms with van der Waals surface area (Å²) >= 11 is 0. The second-order valence-corrected chi connectivity index (χ2v) is 4.32. The van der Waals surface area contributed by atoms with Crippen LogP contribution in [0.15, 0.2) is 6.07 Å². The van der Waals surface area contributed by atoms with E-state index in [-0.39, 0.29) is 5.97 Å². The number of aryl methyl sites for hydroxylation is 2. The molecular formula is C13H17NO2. The van der Waals surface area contributed by atoms with Crippen LogP contribution < -0.4 is 0 Å². The molecule has 1 aromatic rings. The van der Waals surface area contributed by atoms with E-state index in [4.69, 9.17) is 4.74 Å². The van der Waals surface area contributed by atoms with Crippen molar-refractivity contribution in [3.8, 4) is 0 Å². The van der Waals surface area contributed by atoms with Gasteiger partial charge in [-0.2, -0.15) is 0 Å². The molecule has 1 aliphatic carbocycles. The molecule has 0 atom stereocenters. The summed E-state index contributed by atoms with van der Waals surface area (Å²) in [5, 5.41) is 0. The Balaban J connectivity index is 2.34. The first kappa shape index (κ1) is 11.1. The lowest BCUT2D eigenvalue weighted by Crippen LogP contribution is -2.11. The molecule has 0 amide bonds. The van der Waals surface area contributed by atoms with Gasteiger partial charge in [-0.05, 0) is 45.2 Å². The van der Waals surface area contributed by atoms with Gasteiger partial charge in [-0.25, -0.2) is 4.79 Å². The van der Waals surface area contributed by atoms with Crippen LogP contribution in [0, 0.1) is 13.8 Å². The molecule has 16 heavy (non-hydrogen) atoms. The van der Waals surface area contributed by atoms with E-state index >= 15 is 0 Å². The van der Waals surface area contributed by atoms with Crippen molar-refractivity contribution in [1.29, 1.82) is 0 Å². The highest BCUT2D eigenvalue weighted by atomic mass is 16.5. The maximum atomic E-state index is 11.7. The maximum absolute atomic E-state index is 11.7. The quantitative estimate of drug-likeness (QED) is 0.734. The lowest BCUT2D eigenvalue weighted by Gasteiger charge is -2.10. The molecule has 3 nitrogen and oxygen atoms in total. The molecule has 3 heteroatoms. The lowest BCUT2D eigenvalue weighted by molar-refractivity contribution is 0.0524. The highest BCUT2D eigenvalue weighted by molar-refractivity contribution is 5.92. The molecule has 0 saturated heterocycles. The molecule has 2 rings (SSSR count). The first-order valence-electron chi connectivity index (χ1n) is 5.78. The third kappa shape index (κ3) is 2.08. The summed E-state index contributed by atoms with van der Waals surface area (Å²) in [6.07, 6.45) is 2.45. The predicted octanol–water partition coefficient (Wildman–Crippen LogP) is 2.75. The molecule has 86 valence electrons. The van der Waals surface area contributed by atoms with Gasteiger partial charge in [-0.1, -0.05) is 0 Å². The minimum Gasteiger partial charge on any atom is -0.462 e. The van der Waals surface area contributed by atoms with Crippen molar-refractivity contribution in [2.75, 3.05) is 6.61 Å². The monoisotopic (exact) mass is 219 g/mol. The molecule has 0 aromatic carbocycles. The van der Waals surface area contributed by atoms with Gasteiger partial charge in [0.1, 0.15) is 0 Å². The SMILES string of the molecule is CCOC(=O)c1c(C)cc(C2CC2)nc1C. The third-order valence-electron chi connectivity index (χ3n) is 2.89. The Morgan fingerprint density at radius 3 is 2.69 bits per heavy atom. The third-order valence-corrected chi connectivity index (χ3v) is 2.89. The number of aromatic nitrogens is 1. The lowest BCUT2D eigenvalue weighted by atomic mass is 10.1. The number of hydrogen-bond acceptors (Lipinski definition) is 3. The Labute approximate surface area is 95.8 Å². The van der Waals surface area contributed by atoms with E-state index in [1.165, 1.54) is 12.8 Å². The average molecular weight is 219 g/mol. The van der Waals surface area contributed by atoms with Crippen LogP contribution in [-0.4, -0.2) is 17.6 Å². The van der Waals surface area contributed by atoms with E-state index in [1.54, 1.807) is 0 Å². The summed E-state index contributed by atoms with van der Waals surface area (Å²) < 4.78 is 5.03. The highest BCUT2D eigenvalue weighted by Gasteiger charge is 2.27. The summed E-state index contributed by atoms with van der Waals surface area (Å²) in [6, 6.07) is 2.02. The van der Waals surface area contributed by atoms with Crippen molar-refractivity contribution in [1.82, 2.24) is 4.98 Å². The van der Waals surface area contributed by atoms with Crippen LogP contribution in [0.4, 0.5) is 0 Å². The van der Waals surface area contributed by atoms with Crippen LogP contribution in [0.25, 0.3) is 0 Å². The van der Waals surface area contributed by atoms with Crippen molar-refractivity contribution in [2.45, 2.75) is 39.5 Å². The number of nitrogens with zero attached hydrogens (tertiary/aromatic N) is 1. The zero-order chi connectivity index (χ0) is 11.7. The van der Waals surface area contributed by atoms with E-state index in [9.17, 15) is 4.79 Å². The molecule has 0 bridgehead atoms. The standard InChI is InChI=1S/C13H17NO2/c1-4-16-13(15)12-8(2)7-11(10-5-6-10)14-9(12)3/h7,10H,4-6H2,1-3H3. The topological polar surface area (TPSA) is 39.2 Å². The van der Waals surface area contributed by atoms with Crippen molar-refractivity contribution < 1.29 is 9.53 Å². The Morgan fingerprint density at radius 1 is 1.50 bits per heavy atom.